The lowest BCUT2D eigenvalue weighted by Gasteiger charge is -2.29. The van der Waals surface area contributed by atoms with Gasteiger partial charge in [-0.1, -0.05) is 0 Å². The molecule has 2 aromatic rings. The summed E-state index contributed by atoms with van der Waals surface area (Å²) in [4.78, 5) is 22.2. The number of carbonyl (C=O) groups excluding carboxylic acids is 1. The number of benzene rings is 1. The van der Waals surface area contributed by atoms with E-state index in [1.165, 1.54) is 11.2 Å². The number of aromatic nitrogens is 2. The molecule has 1 aromatic heterocycles. The molecule has 0 saturated carbocycles. The molecule has 3 rings (SSSR count). The molecule has 1 aliphatic rings. The van der Waals surface area contributed by atoms with E-state index in [1.807, 2.05) is 0 Å². The van der Waals surface area contributed by atoms with Crippen LogP contribution in [0.1, 0.15) is 5.56 Å². The Morgan fingerprint density at radius 1 is 1.21 bits per heavy atom. The minimum atomic E-state index is -1.31. The fraction of sp³-hybridized carbons (Fsp3) is 0.267. The van der Waals surface area contributed by atoms with Crippen molar-refractivity contribution < 1.29 is 18.5 Å². The first-order valence-corrected chi connectivity index (χ1v) is 8.58. The predicted molar refractivity (Wildman–Crippen MR) is 89.1 cm³/mol. The van der Waals surface area contributed by atoms with Crippen molar-refractivity contribution in [2.24, 2.45) is 0 Å². The van der Waals surface area contributed by atoms with Crippen molar-refractivity contribution >= 4 is 28.3 Å². The number of carbonyl (C=O) groups is 1. The highest BCUT2D eigenvalue weighted by Gasteiger charge is 2.26. The zero-order valence-electron chi connectivity index (χ0n) is 13.4. The SMILES string of the molecule is COc1cc(OC)cc(N2Cc3cnc(S(C)=O)nc3NC2=O)c1. The van der Waals surface area contributed by atoms with Gasteiger partial charge in [-0.15, -0.1) is 0 Å². The van der Waals surface area contributed by atoms with Gasteiger partial charge in [0.05, 0.1) is 37.3 Å². The molecule has 8 nitrogen and oxygen atoms in total. The zero-order valence-corrected chi connectivity index (χ0v) is 14.2. The van der Waals surface area contributed by atoms with Crippen LogP contribution in [0.2, 0.25) is 0 Å². The Balaban J connectivity index is 1.97. The number of ether oxygens (including phenoxy) is 2. The summed E-state index contributed by atoms with van der Waals surface area (Å²) in [5, 5.41) is 2.88. The Bertz CT molecular complexity index is 805. The van der Waals surface area contributed by atoms with Gasteiger partial charge in [0.2, 0.25) is 5.16 Å². The Kier molecular flexibility index (Phi) is 4.34. The smallest absolute Gasteiger partial charge is 0.327 e. The van der Waals surface area contributed by atoms with Gasteiger partial charge in [-0.2, -0.15) is 0 Å². The molecule has 1 aromatic carbocycles. The van der Waals surface area contributed by atoms with Crippen LogP contribution in [0.3, 0.4) is 0 Å². The lowest BCUT2D eigenvalue weighted by molar-refractivity contribution is 0.255. The van der Waals surface area contributed by atoms with Crippen LogP contribution >= 0.6 is 0 Å². The molecule has 1 atom stereocenters. The first-order chi connectivity index (χ1) is 11.5. The molecule has 1 unspecified atom stereocenters. The van der Waals surface area contributed by atoms with Crippen molar-refractivity contribution in [2.75, 3.05) is 30.7 Å². The summed E-state index contributed by atoms with van der Waals surface area (Å²) in [6.07, 6.45) is 3.06. The van der Waals surface area contributed by atoms with Crippen LogP contribution in [0.15, 0.2) is 29.6 Å². The first-order valence-electron chi connectivity index (χ1n) is 7.02. The van der Waals surface area contributed by atoms with E-state index in [2.05, 4.69) is 15.3 Å². The third-order valence-electron chi connectivity index (χ3n) is 3.55. The molecule has 0 spiro atoms. The Morgan fingerprint density at radius 2 is 1.88 bits per heavy atom. The van der Waals surface area contributed by atoms with Crippen molar-refractivity contribution in [3.8, 4) is 11.5 Å². The molecular weight excluding hydrogens is 332 g/mol. The van der Waals surface area contributed by atoms with Crippen molar-refractivity contribution in [3.63, 3.8) is 0 Å². The zero-order chi connectivity index (χ0) is 17.3. The Labute approximate surface area is 141 Å². The Hall–Kier alpha value is -2.68. The van der Waals surface area contributed by atoms with Crippen molar-refractivity contribution in [1.29, 1.82) is 0 Å². The molecule has 9 heteroatoms. The molecule has 0 bridgehead atoms. The van der Waals surface area contributed by atoms with E-state index in [0.29, 0.717) is 23.0 Å². The molecule has 2 heterocycles. The number of rotatable bonds is 4. The number of hydrogen-bond acceptors (Lipinski definition) is 6. The molecule has 0 fully saturated rings. The van der Waals surface area contributed by atoms with E-state index in [9.17, 15) is 9.00 Å². The normalized spacial score (nSPS) is 14.6. The highest BCUT2D eigenvalue weighted by atomic mass is 32.2. The lowest BCUT2D eigenvalue weighted by Crippen LogP contribution is -2.39. The van der Waals surface area contributed by atoms with E-state index in [0.717, 1.165) is 5.56 Å². The summed E-state index contributed by atoms with van der Waals surface area (Å²) in [5.74, 6) is 1.54. The fourth-order valence-electron chi connectivity index (χ4n) is 2.32. The van der Waals surface area contributed by atoms with Gasteiger partial charge < -0.3 is 9.47 Å². The molecule has 1 aliphatic heterocycles. The second kappa shape index (κ2) is 6.44. The van der Waals surface area contributed by atoms with Crippen LogP contribution in [0, 0.1) is 0 Å². The summed E-state index contributed by atoms with van der Waals surface area (Å²) < 4.78 is 22.0. The Morgan fingerprint density at radius 3 is 2.46 bits per heavy atom. The average molecular weight is 348 g/mol. The second-order valence-corrected chi connectivity index (χ2v) is 6.34. The molecule has 24 heavy (non-hydrogen) atoms. The number of hydrogen-bond donors (Lipinski definition) is 1. The maximum atomic E-state index is 12.4. The minimum absolute atomic E-state index is 0.186. The van der Waals surface area contributed by atoms with Gasteiger partial charge >= 0.3 is 6.03 Å². The average Bonchev–Trinajstić information content (AvgIpc) is 2.59. The quantitative estimate of drug-likeness (QED) is 0.847. The van der Waals surface area contributed by atoms with Crippen molar-refractivity contribution in [3.05, 3.63) is 30.0 Å². The molecule has 2 amide bonds. The summed E-state index contributed by atoms with van der Waals surface area (Å²) in [6.45, 7) is 0.286. The van der Waals surface area contributed by atoms with Crippen LogP contribution in [0.4, 0.5) is 16.3 Å². The van der Waals surface area contributed by atoms with Gasteiger partial charge in [-0.3, -0.25) is 14.4 Å². The van der Waals surface area contributed by atoms with Gasteiger partial charge in [-0.05, 0) is 0 Å². The van der Waals surface area contributed by atoms with Gasteiger partial charge in [0.25, 0.3) is 0 Å². The van der Waals surface area contributed by atoms with E-state index >= 15 is 0 Å². The van der Waals surface area contributed by atoms with E-state index in [4.69, 9.17) is 9.47 Å². The third-order valence-corrected chi connectivity index (χ3v) is 4.26. The topological polar surface area (TPSA) is 93.7 Å². The third kappa shape index (κ3) is 3.02. The monoisotopic (exact) mass is 348 g/mol. The standard InChI is InChI=1S/C15H16N4O4S/c1-22-11-4-10(5-12(6-11)23-2)19-8-9-7-16-14(24(3)21)17-13(9)18-15(19)20/h4-7H,8H2,1-3H3,(H,16,17,18,20). The second-order valence-electron chi connectivity index (χ2n) is 5.07. The van der Waals surface area contributed by atoms with Gasteiger partial charge in [0.15, 0.2) is 0 Å². The number of urea groups is 1. The minimum Gasteiger partial charge on any atom is -0.497 e. The van der Waals surface area contributed by atoms with Gasteiger partial charge in [-0.25, -0.2) is 14.8 Å². The number of fused-ring (bicyclic) bond motifs is 1. The summed E-state index contributed by atoms with van der Waals surface area (Å²) in [7, 11) is 1.78. The van der Waals surface area contributed by atoms with Crippen molar-refractivity contribution in [1.82, 2.24) is 9.97 Å². The van der Waals surface area contributed by atoms with E-state index < -0.39 is 10.8 Å². The number of nitrogens with zero attached hydrogens (tertiary/aromatic N) is 3. The van der Waals surface area contributed by atoms with Crippen molar-refractivity contribution in [2.45, 2.75) is 11.7 Å². The lowest BCUT2D eigenvalue weighted by atomic mass is 10.2. The highest BCUT2D eigenvalue weighted by Crippen LogP contribution is 2.32. The largest absolute Gasteiger partial charge is 0.497 e. The molecular formula is C15H16N4O4S. The summed E-state index contributed by atoms with van der Waals surface area (Å²) in [5.41, 5.74) is 1.35. The maximum absolute atomic E-state index is 12.4. The van der Waals surface area contributed by atoms with Crippen LogP contribution in [0.25, 0.3) is 0 Å². The number of amides is 2. The van der Waals surface area contributed by atoms with E-state index in [-0.39, 0.29) is 17.7 Å². The fourth-order valence-corrected chi connectivity index (χ4v) is 2.74. The van der Waals surface area contributed by atoms with Crippen LogP contribution in [-0.4, -0.2) is 40.7 Å². The summed E-state index contributed by atoms with van der Waals surface area (Å²) >= 11 is 0. The molecule has 0 saturated heterocycles. The predicted octanol–water partition coefficient (Wildman–Crippen LogP) is 1.78. The molecule has 0 radical (unpaired) electrons. The number of anilines is 2. The van der Waals surface area contributed by atoms with Crippen LogP contribution in [-0.2, 0) is 17.3 Å². The van der Waals surface area contributed by atoms with Gasteiger partial charge in [0, 0.05) is 36.2 Å². The molecule has 126 valence electrons. The number of nitrogens with one attached hydrogen (secondary N) is 1. The van der Waals surface area contributed by atoms with Gasteiger partial charge in [0.1, 0.15) is 17.3 Å². The maximum Gasteiger partial charge on any atom is 0.327 e. The summed E-state index contributed by atoms with van der Waals surface area (Å²) in [6, 6.07) is 4.86. The van der Waals surface area contributed by atoms with Crippen LogP contribution in [0.5, 0.6) is 11.5 Å². The van der Waals surface area contributed by atoms with Crippen LogP contribution < -0.4 is 19.7 Å². The first kappa shape index (κ1) is 16.2. The highest BCUT2D eigenvalue weighted by molar-refractivity contribution is 7.84. The van der Waals surface area contributed by atoms with E-state index in [1.54, 1.807) is 38.6 Å². The molecule has 0 aliphatic carbocycles. The molecule has 1 N–H and O–H groups in total. The number of methoxy groups -OCH3 is 2.